The molecule has 0 heterocycles. The van der Waals surface area contributed by atoms with Crippen LogP contribution in [0.3, 0.4) is 0 Å². The van der Waals surface area contributed by atoms with E-state index in [1.807, 2.05) is 0 Å². The zero-order chi connectivity index (χ0) is 59.9. The van der Waals surface area contributed by atoms with Gasteiger partial charge in [0.2, 0.25) is 0 Å². The normalized spacial score (nSPS) is 13.1. The van der Waals surface area contributed by atoms with Gasteiger partial charge in [0.15, 0.2) is 6.10 Å². The largest absolute Gasteiger partial charge is 0.462 e. The van der Waals surface area contributed by atoms with Crippen LogP contribution in [0.4, 0.5) is 0 Å². The van der Waals surface area contributed by atoms with E-state index in [9.17, 15) is 14.4 Å². The van der Waals surface area contributed by atoms with Crippen LogP contribution in [0.15, 0.2) is 158 Å². The highest BCUT2D eigenvalue weighted by atomic mass is 16.6. The van der Waals surface area contributed by atoms with Crippen molar-refractivity contribution in [3.05, 3.63) is 158 Å². The van der Waals surface area contributed by atoms with E-state index >= 15 is 0 Å². The van der Waals surface area contributed by atoms with Crippen LogP contribution in [0.1, 0.15) is 290 Å². The number of unbranched alkanes of at least 4 members (excludes halogenated alkanes) is 23. The van der Waals surface area contributed by atoms with Crippen molar-refractivity contribution in [3.63, 3.8) is 0 Å². The molecule has 6 heteroatoms. The highest BCUT2D eigenvalue weighted by Gasteiger charge is 2.19. The molecule has 468 valence electrons. The number of hydrogen-bond acceptors (Lipinski definition) is 6. The van der Waals surface area contributed by atoms with Crippen molar-refractivity contribution >= 4 is 17.9 Å². The molecular formula is C77H124O6. The zero-order valence-corrected chi connectivity index (χ0v) is 53.7. The second kappa shape index (κ2) is 69.5. The first-order valence-electron chi connectivity index (χ1n) is 34.0. The fourth-order valence-electron chi connectivity index (χ4n) is 8.91. The second-order valence-electron chi connectivity index (χ2n) is 22.0. The van der Waals surface area contributed by atoms with Gasteiger partial charge in [-0.15, -0.1) is 0 Å². The highest BCUT2D eigenvalue weighted by Crippen LogP contribution is 2.15. The Kier molecular flexibility index (Phi) is 65.4. The quantitative estimate of drug-likeness (QED) is 0.0261. The third-order valence-electron chi connectivity index (χ3n) is 14.0. The minimum atomic E-state index is -0.809. The predicted octanol–water partition coefficient (Wildman–Crippen LogP) is 23.7. The molecule has 1 unspecified atom stereocenters. The lowest BCUT2D eigenvalue weighted by Crippen LogP contribution is -2.30. The van der Waals surface area contributed by atoms with Crippen molar-refractivity contribution in [2.75, 3.05) is 13.2 Å². The Morgan fingerprint density at radius 3 is 0.747 bits per heavy atom. The molecule has 0 amide bonds. The average molecular weight is 1150 g/mol. The van der Waals surface area contributed by atoms with Gasteiger partial charge in [0, 0.05) is 19.3 Å². The van der Waals surface area contributed by atoms with Crippen LogP contribution in [0.25, 0.3) is 0 Å². The van der Waals surface area contributed by atoms with E-state index in [-0.39, 0.29) is 31.1 Å². The Morgan fingerprint density at radius 2 is 0.470 bits per heavy atom. The Labute approximate surface area is 511 Å². The number of rotatable bonds is 60. The summed E-state index contributed by atoms with van der Waals surface area (Å²) < 4.78 is 16.9. The first-order valence-corrected chi connectivity index (χ1v) is 34.0. The van der Waals surface area contributed by atoms with E-state index < -0.39 is 6.10 Å². The zero-order valence-electron chi connectivity index (χ0n) is 53.7. The molecule has 0 aromatic rings. The molecule has 0 rings (SSSR count). The average Bonchev–Trinajstić information content (AvgIpc) is 3.49. The van der Waals surface area contributed by atoms with Crippen LogP contribution in [0, 0.1) is 0 Å². The summed E-state index contributed by atoms with van der Waals surface area (Å²) in [6, 6.07) is 0. The minimum absolute atomic E-state index is 0.103. The number of allylic oxidation sites excluding steroid dienone is 26. The van der Waals surface area contributed by atoms with Gasteiger partial charge in [-0.2, -0.15) is 0 Å². The first kappa shape index (κ1) is 78.0. The van der Waals surface area contributed by atoms with Crippen molar-refractivity contribution in [2.24, 2.45) is 0 Å². The lowest BCUT2D eigenvalue weighted by atomic mass is 10.1. The summed E-state index contributed by atoms with van der Waals surface area (Å²) in [7, 11) is 0. The summed E-state index contributed by atoms with van der Waals surface area (Å²) in [6.07, 6.45) is 101. The van der Waals surface area contributed by atoms with E-state index in [0.29, 0.717) is 19.3 Å². The summed E-state index contributed by atoms with van der Waals surface area (Å²) in [5.74, 6) is -0.953. The highest BCUT2D eigenvalue weighted by molar-refractivity contribution is 5.71. The molecule has 0 aliphatic heterocycles. The van der Waals surface area contributed by atoms with Crippen molar-refractivity contribution in [2.45, 2.75) is 297 Å². The maximum Gasteiger partial charge on any atom is 0.306 e. The van der Waals surface area contributed by atoms with Gasteiger partial charge in [-0.25, -0.2) is 0 Å². The Hall–Kier alpha value is -4.97. The minimum Gasteiger partial charge on any atom is -0.462 e. The molecule has 0 aromatic carbocycles. The molecular weight excluding hydrogens is 1020 g/mol. The Morgan fingerprint density at radius 1 is 0.253 bits per heavy atom. The van der Waals surface area contributed by atoms with Gasteiger partial charge < -0.3 is 14.2 Å². The topological polar surface area (TPSA) is 78.9 Å². The summed E-state index contributed by atoms with van der Waals surface area (Å²) in [6.45, 7) is 6.44. The van der Waals surface area contributed by atoms with Crippen molar-refractivity contribution < 1.29 is 28.6 Å². The third-order valence-corrected chi connectivity index (χ3v) is 14.0. The van der Waals surface area contributed by atoms with Gasteiger partial charge in [0.25, 0.3) is 0 Å². The Bertz CT molecular complexity index is 1840. The smallest absolute Gasteiger partial charge is 0.306 e. The molecule has 0 spiro atoms. The summed E-state index contributed by atoms with van der Waals surface area (Å²) in [5, 5.41) is 0. The van der Waals surface area contributed by atoms with E-state index in [4.69, 9.17) is 14.2 Å². The van der Waals surface area contributed by atoms with Crippen molar-refractivity contribution in [1.82, 2.24) is 0 Å². The summed E-state index contributed by atoms with van der Waals surface area (Å²) in [5.41, 5.74) is 0. The van der Waals surface area contributed by atoms with Crippen molar-refractivity contribution in [1.29, 1.82) is 0 Å². The predicted molar refractivity (Wildman–Crippen MR) is 362 cm³/mol. The fraction of sp³-hybridized carbons (Fsp3) is 0.623. The van der Waals surface area contributed by atoms with Gasteiger partial charge in [-0.3, -0.25) is 14.4 Å². The first-order chi connectivity index (χ1) is 41.0. The van der Waals surface area contributed by atoms with Crippen molar-refractivity contribution in [3.8, 4) is 0 Å². The van der Waals surface area contributed by atoms with Crippen LogP contribution in [-0.4, -0.2) is 37.2 Å². The number of carbonyl (C=O) groups is 3. The van der Waals surface area contributed by atoms with Crippen LogP contribution in [-0.2, 0) is 28.6 Å². The maximum atomic E-state index is 12.9. The van der Waals surface area contributed by atoms with Gasteiger partial charge in [-0.1, -0.05) is 275 Å². The van der Waals surface area contributed by atoms with Crippen LogP contribution >= 0.6 is 0 Å². The second-order valence-corrected chi connectivity index (χ2v) is 22.0. The molecule has 0 aromatic heterocycles. The van der Waals surface area contributed by atoms with E-state index in [0.717, 1.165) is 154 Å². The van der Waals surface area contributed by atoms with Gasteiger partial charge in [0.1, 0.15) is 13.2 Å². The summed E-state index contributed by atoms with van der Waals surface area (Å²) >= 11 is 0. The fourth-order valence-corrected chi connectivity index (χ4v) is 8.91. The monoisotopic (exact) mass is 1140 g/mol. The van der Waals surface area contributed by atoms with E-state index in [2.05, 4.69) is 179 Å². The molecule has 0 radical (unpaired) electrons. The number of hydrogen-bond donors (Lipinski definition) is 0. The molecule has 0 bridgehead atoms. The molecule has 0 fully saturated rings. The molecule has 0 N–H and O–H groups in total. The molecule has 83 heavy (non-hydrogen) atoms. The molecule has 0 saturated carbocycles. The van der Waals surface area contributed by atoms with Crippen LogP contribution in [0.5, 0.6) is 0 Å². The van der Waals surface area contributed by atoms with Gasteiger partial charge in [0.05, 0.1) is 0 Å². The number of esters is 3. The van der Waals surface area contributed by atoms with Crippen LogP contribution < -0.4 is 0 Å². The van der Waals surface area contributed by atoms with E-state index in [1.165, 1.54) is 96.3 Å². The lowest BCUT2D eigenvalue weighted by Gasteiger charge is -2.18. The number of carbonyl (C=O) groups excluding carboxylic acids is 3. The van der Waals surface area contributed by atoms with Crippen LogP contribution in [0.2, 0.25) is 0 Å². The molecule has 0 saturated heterocycles. The Balaban J connectivity index is 4.44. The maximum absolute atomic E-state index is 12.9. The summed E-state index contributed by atoms with van der Waals surface area (Å²) in [4.78, 5) is 38.4. The molecule has 1 atom stereocenters. The van der Waals surface area contributed by atoms with E-state index in [1.54, 1.807) is 0 Å². The number of ether oxygens (including phenoxy) is 3. The SMILES string of the molecule is CC/C=C\C/C=C\C/C=C\C/C=C\C/C=C\C/C=C\C/C=C\C/C=C\C/C=C\CCCCCC(=O)OCC(COC(=O)CCCCCCC/C=C\C/C=C\CCCCC)OC(=O)CCCCCCCCCCC/C=C\C/C=C\CCCCC. The lowest BCUT2D eigenvalue weighted by molar-refractivity contribution is -0.167. The third kappa shape index (κ3) is 67.7. The standard InChI is InChI=1S/C77H124O6/c1-4-7-10-13-16-19-22-25-28-30-32-33-34-35-36-37-38-39-40-41-42-43-45-46-49-52-55-58-61-64-67-70-76(79)82-73-74(72-81-75(78)69-66-63-60-57-54-51-48-27-24-21-18-15-12-9-6-3)83-77(80)71-68-65-62-59-56-53-50-47-44-31-29-26-23-20-17-14-11-8-5-2/h7,10,16-21,25-29,32-33,35-36,38-39,41-42,45-46,48,52,55,74H,4-6,8-9,11-15,22-24,30-31,34,37,40,43-44,47,49-51,53-54,56-73H2,1-3H3/b10-7-,19-16-,20-17-,21-18-,28-25-,29-26-,33-32-,36-35-,39-38-,42-41-,46-45-,48-27-,55-52-. The molecule has 0 aliphatic rings. The van der Waals surface area contributed by atoms with Gasteiger partial charge >= 0.3 is 17.9 Å². The molecule has 0 aliphatic carbocycles. The van der Waals surface area contributed by atoms with Gasteiger partial charge in [-0.05, 0) is 154 Å². The molecule has 6 nitrogen and oxygen atoms in total.